The third-order valence-electron chi connectivity index (χ3n) is 2.14. The van der Waals surface area contributed by atoms with Crippen LogP contribution in [0.25, 0.3) is 0 Å². The Labute approximate surface area is 99.7 Å². The third-order valence-corrected chi connectivity index (χ3v) is 2.14. The van der Waals surface area contributed by atoms with Gasteiger partial charge in [-0.15, -0.1) is 12.4 Å². The Morgan fingerprint density at radius 3 is 2.44 bits per heavy atom. The van der Waals surface area contributed by atoms with Crippen LogP contribution in [0.5, 0.6) is 0 Å². The number of benzene rings is 1. The molecule has 1 aromatic carbocycles. The van der Waals surface area contributed by atoms with E-state index in [1.807, 2.05) is 18.2 Å². The quantitative estimate of drug-likeness (QED) is 0.812. The van der Waals surface area contributed by atoms with Gasteiger partial charge in [-0.2, -0.15) is 0 Å². The van der Waals surface area contributed by atoms with E-state index in [1.165, 1.54) is 6.20 Å². The number of halogens is 1. The summed E-state index contributed by atoms with van der Waals surface area (Å²) in [7, 11) is 0. The van der Waals surface area contributed by atoms with E-state index < -0.39 is 0 Å². The van der Waals surface area contributed by atoms with Gasteiger partial charge in [0.05, 0.1) is 5.56 Å². The molecule has 2 N–H and O–H groups in total. The number of ketones is 1. The Kier molecular flexibility index (Phi) is 4.03. The van der Waals surface area contributed by atoms with Gasteiger partial charge in [-0.1, -0.05) is 30.3 Å². The van der Waals surface area contributed by atoms with Crippen LogP contribution in [0.1, 0.15) is 15.9 Å². The second kappa shape index (κ2) is 5.28. The minimum absolute atomic E-state index is 0. The smallest absolute Gasteiger partial charge is 0.196 e. The van der Waals surface area contributed by atoms with Crippen LogP contribution in [-0.4, -0.2) is 10.8 Å². The molecule has 0 saturated carbocycles. The summed E-state index contributed by atoms with van der Waals surface area (Å²) in [6.07, 6.45) is 3.06. The number of nitrogen functional groups attached to an aromatic ring is 1. The van der Waals surface area contributed by atoms with Gasteiger partial charge in [-0.05, 0) is 6.07 Å². The van der Waals surface area contributed by atoms with Gasteiger partial charge in [-0.3, -0.25) is 9.78 Å². The number of hydrogen-bond donors (Lipinski definition) is 1. The molecule has 4 heteroatoms. The fraction of sp³-hybridized carbons (Fsp3) is 0. The summed E-state index contributed by atoms with van der Waals surface area (Å²) < 4.78 is 0. The van der Waals surface area contributed by atoms with Crippen molar-refractivity contribution in [1.82, 2.24) is 4.98 Å². The van der Waals surface area contributed by atoms with E-state index in [0.29, 0.717) is 16.8 Å². The predicted molar refractivity (Wildman–Crippen MR) is 65.8 cm³/mol. The summed E-state index contributed by atoms with van der Waals surface area (Å²) in [6, 6.07) is 10.6. The number of rotatable bonds is 2. The number of nitrogens with two attached hydrogens (primary N) is 1. The molecule has 82 valence electrons. The number of anilines is 1. The molecule has 1 aromatic heterocycles. The lowest BCUT2D eigenvalue weighted by Gasteiger charge is -2.03. The molecule has 16 heavy (non-hydrogen) atoms. The highest BCUT2D eigenvalue weighted by Gasteiger charge is 2.11. The summed E-state index contributed by atoms with van der Waals surface area (Å²) >= 11 is 0. The molecule has 0 aliphatic rings. The number of carbonyl (C=O) groups excluding carboxylic acids is 1. The van der Waals surface area contributed by atoms with E-state index in [4.69, 9.17) is 5.73 Å². The van der Waals surface area contributed by atoms with Crippen molar-refractivity contribution in [3.63, 3.8) is 0 Å². The van der Waals surface area contributed by atoms with Crippen molar-refractivity contribution in [2.75, 3.05) is 5.73 Å². The van der Waals surface area contributed by atoms with Crippen molar-refractivity contribution in [3.05, 3.63) is 59.9 Å². The predicted octanol–water partition coefficient (Wildman–Crippen LogP) is 2.32. The zero-order valence-corrected chi connectivity index (χ0v) is 9.28. The molecule has 3 nitrogen and oxygen atoms in total. The van der Waals surface area contributed by atoms with Gasteiger partial charge in [0.25, 0.3) is 0 Å². The lowest BCUT2D eigenvalue weighted by molar-refractivity contribution is 0.103. The maximum atomic E-state index is 11.9. The lowest BCUT2D eigenvalue weighted by atomic mass is 10.0. The van der Waals surface area contributed by atoms with Crippen LogP contribution in [0.15, 0.2) is 48.8 Å². The van der Waals surface area contributed by atoms with E-state index in [2.05, 4.69) is 4.98 Å². The van der Waals surface area contributed by atoms with Gasteiger partial charge in [-0.25, -0.2) is 0 Å². The third kappa shape index (κ3) is 2.38. The van der Waals surface area contributed by atoms with Crippen molar-refractivity contribution in [2.45, 2.75) is 0 Å². The highest BCUT2D eigenvalue weighted by molar-refractivity contribution is 6.11. The van der Waals surface area contributed by atoms with Crippen LogP contribution in [0.4, 0.5) is 5.69 Å². The monoisotopic (exact) mass is 234 g/mol. The summed E-state index contributed by atoms with van der Waals surface area (Å²) in [5, 5.41) is 0. The van der Waals surface area contributed by atoms with Crippen molar-refractivity contribution < 1.29 is 4.79 Å². The molecular weight excluding hydrogens is 224 g/mol. The van der Waals surface area contributed by atoms with Gasteiger partial charge >= 0.3 is 0 Å². The van der Waals surface area contributed by atoms with Gasteiger partial charge in [0.1, 0.15) is 0 Å². The van der Waals surface area contributed by atoms with Crippen molar-refractivity contribution >= 4 is 23.9 Å². The Bertz CT molecular complexity index is 485. The second-order valence-electron chi connectivity index (χ2n) is 3.16. The first-order valence-electron chi connectivity index (χ1n) is 4.58. The van der Waals surface area contributed by atoms with E-state index in [0.717, 1.165) is 0 Å². The van der Waals surface area contributed by atoms with Crippen molar-refractivity contribution in [1.29, 1.82) is 0 Å². The molecule has 0 spiro atoms. The van der Waals surface area contributed by atoms with Crippen molar-refractivity contribution in [3.8, 4) is 0 Å². The second-order valence-corrected chi connectivity index (χ2v) is 3.16. The Morgan fingerprint density at radius 1 is 1.12 bits per heavy atom. The van der Waals surface area contributed by atoms with Gasteiger partial charge in [0.15, 0.2) is 5.78 Å². The summed E-state index contributed by atoms with van der Waals surface area (Å²) in [5.74, 6) is -0.0961. The molecule has 2 aromatic rings. The van der Waals surface area contributed by atoms with Gasteiger partial charge in [0, 0.05) is 23.6 Å². The van der Waals surface area contributed by atoms with Gasteiger partial charge < -0.3 is 5.73 Å². The van der Waals surface area contributed by atoms with Crippen LogP contribution in [0.3, 0.4) is 0 Å². The first kappa shape index (κ1) is 12.2. The largest absolute Gasteiger partial charge is 0.398 e. The molecular formula is C12H11ClN2O. The Balaban J connectivity index is 0.00000128. The maximum Gasteiger partial charge on any atom is 0.196 e. The van der Waals surface area contributed by atoms with E-state index in [-0.39, 0.29) is 18.2 Å². The molecule has 0 unspecified atom stereocenters. The van der Waals surface area contributed by atoms with E-state index in [9.17, 15) is 4.79 Å². The fourth-order valence-corrected chi connectivity index (χ4v) is 1.34. The van der Waals surface area contributed by atoms with Crippen LogP contribution < -0.4 is 5.73 Å². The lowest BCUT2D eigenvalue weighted by Crippen LogP contribution is -2.05. The average Bonchev–Trinajstić information content (AvgIpc) is 2.30. The number of nitrogens with zero attached hydrogens (tertiary/aromatic N) is 1. The molecule has 0 radical (unpaired) electrons. The molecule has 0 atom stereocenters. The van der Waals surface area contributed by atoms with Crippen LogP contribution in [0, 0.1) is 0 Å². The van der Waals surface area contributed by atoms with Gasteiger partial charge in [0.2, 0.25) is 0 Å². The standard InChI is InChI=1S/C12H10N2O.ClH/c13-11-6-7-14-8-10(11)12(15)9-4-2-1-3-5-9;/h1-8H,(H2,13,14);1H. The van der Waals surface area contributed by atoms with Crippen LogP contribution in [0.2, 0.25) is 0 Å². The Hall–Kier alpha value is -1.87. The molecule has 2 rings (SSSR count). The zero-order valence-electron chi connectivity index (χ0n) is 8.46. The molecule has 0 bridgehead atoms. The molecule has 0 amide bonds. The summed E-state index contributed by atoms with van der Waals surface area (Å²) in [5.41, 5.74) is 7.23. The first-order chi connectivity index (χ1) is 7.29. The highest BCUT2D eigenvalue weighted by atomic mass is 35.5. The Morgan fingerprint density at radius 2 is 1.81 bits per heavy atom. The molecule has 0 aliphatic carbocycles. The molecule has 1 heterocycles. The normalized spacial score (nSPS) is 9.25. The number of pyridine rings is 1. The molecule has 0 fully saturated rings. The zero-order chi connectivity index (χ0) is 10.7. The molecule has 0 aliphatic heterocycles. The maximum absolute atomic E-state index is 11.9. The number of carbonyl (C=O) groups is 1. The first-order valence-corrected chi connectivity index (χ1v) is 4.58. The van der Waals surface area contributed by atoms with Crippen molar-refractivity contribution in [2.24, 2.45) is 0 Å². The van der Waals surface area contributed by atoms with E-state index >= 15 is 0 Å². The summed E-state index contributed by atoms with van der Waals surface area (Å²) in [6.45, 7) is 0. The highest BCUT2D eigenvalue weighted by Crippen LogP contribution is 2.14. The SMILES string of the molecule is Cl.Nc1ccncc1C(=O)c1ccccc1. The topological polar surface area (TPSA) is 56.0 Å². The minimum Gasteiger partial charge on any atom is -0.398 e. The minimum atomic E-state index is -0.0961. The number of aromatic nitrogens is 1. The van der Waals surface area contributed by atoms with Crippen LogP contribution >= 0.6 is 12.4 Å². The average molecular weight is 235 g/mol. The molecule has 0 saturated heterocycles. The number of hydrogen-bond acceptors (Lipinski definition) is 3. The summed E-state index contributed by atoms with van der Waals surface area (Å²) in [4.78, 5) is 15.8. The fourth-order valence-electron chi connectivity index (χ4n) is 1.34. The van der Waals surface area contributed by atoms with Crippen LogP contribution in [-0.2, 0) is 0 Å². The van der Waals surface area contributed by atoms with E-state index in [1.54, 1.807) is 24.4 Å².